The van der Waals surface area contributed by atoms with Crippen molar-refractivity contribution in [2.24, 2.45) is 5.92 Å². The fourth-order valence-corrected chi connectivity index (χ4v) is 2.75. The van der Waals surface area contributed by atoms with Gasteiger partial charge in [0.25, 0.3) is 0 Å². The summed E-state index contributed by atoms with van der Waals surface area (Å²) < 4.78 is 6.32. The van der Waals surface area contributed by atoms with Crippen LogP contribution in [0, 0.1) is 5.92 Å². The van der Waals surface area contributed by atoms with Crippen LogP contribution in [0.15, 0.2) is 27.5 Å². The minimum absolute atomic E-state index is 0.398. The van der Waals surface area contributed by atoms with Gasteiger partial charge < -0.3 is 10.1 Å². The van der Waals surface area contributed by atoms with E-state index in [-0.39, 0.29) is 0 Å². The zero-order valence-corrected chi connectivity index (χ0v) is 13.9. The van der Waals surface area contributed by atoms with Crippen LogP contribution in [0.4, 0.5) is 16.4 Å². The fourth-order valence-electron chi connectivity index (χ4n) is 1.81. The minimum Gasteiger partial charge on any atom is -0.477 e. The topological polar surface area (TPSA) is 88.2 Å². The lowest BCUT2D eigenvalue weighted by atomic mass is 10.1. The van der Waals surface area contributed by atoms with Gasteiger partial charge in [0.15, 0.2) is 3.92 Å². The molecule has 116 valence electrons. The SMILES string of the molecule is O=C(Nc1cccc(OCC2CNC2)n1)Nc1csc(Br)n1. The van der Waals surface area contributed by atoms with Gasteiger partial charge in [-0.15, -0.1) is 11.3 Å². The third kappa shape index (κ3) is 4.15. The maximum absolute atomic E-state index is 11.9. The lowest BCUT2D eigenvalue weighted by Crippen LogP contribution is -2.45. The highest BCUT2D eigenvalue weighted by Crippen LogP contribution is 2.19. The van der Waals surface area contributed by atoms with E-state index >= 15 is 0 Å². The molecule has 0 bridgehead atoms. The predicted molar refractivity (Wildman–Crippen MR) is 88.5 cm³/mol. The summed E-state index contributed by atoms with van der Waals surface area (Å²) in [5.74, 6) is 1.95. The molecule has 1 fully saturated rings. The Balaban J connectivity index is 1.53. The van der Waals surface area contributed by atoms with Gasteiger partial charge in [-0.3, -0.25) is 10.6 Å². The average molecular weight is 384 g/mol. The van der Waals surface area contributed by atoms with E-state index < -0.39 is 6.03 Å². The molecule has 2 aromatic heterocycles. The summed E-state index contributed by atoms with van der Waals surface area (Å²) in [7, 11) is 0. The van der Waals surface area contributed by atoms with Crippen molar-refractivity contribution in [1.82, 2.24) is 15.3 Å². The predicted octanol–water partition coefficient (Wildman–Crippen LogP) is 2.54. The largest absolute Gasteiger partial charge is 0.477 e. The standard InChI is InChI=1S/C13H14BrN5O2S/c14-12-17-10(7-22-12)19-13(20)18-9-2-1-3-11(16-9)21-6-8-4-15-5-8/h1-3,7-8,15H,4-6H2,(H2,16,18,19,20). The minimum atomic E-state index is -0.398. The molecule has 1 saturated heterocycles. The van der Waals surface area contributed by atoms with Crippen LogP contribution < -0.4 is 20.7 Å². The molecule has 22 heavy (non-hydrogen) atoms. The molecule has 0 atom stereocenters. The maximum atomic E-state index is 11.9. The Labute approximate surface area is 139 Å². The van der Waals surface area contributed by atoms with Crippen molar-refractivity contribution in [3.05, 3.63) is 27.5 Å². The number of hydrogen-bond donors (Lipinski definition) is 3. The Morgan fingerprint density at radius 2 is 2.18 bits per heavy atom. The van der Waals surface area contributed by atoms with Crippen molar-refractivity contribution < 1.29 is 9.53 Å². The van der Waals surface area contributed by atoms with E-state index in [4.69, 9.17) is 4.74 Å². The molecule has 3 rings (SSSR count). The fraction of sp³-hybridized carbons (Fsp3) is 0.308. The second-order valence-corrected chi connectivity index (χ2v) is 6.90. The van der Waals surface area contributed by atoms with Crippen molar-refractivity contribution in [2.75, 3.05) is 30.3 Å². The average Bonchev–Trinajstić information content (AvgIpc) is 2.82. The van der Waals surface area contributed by atoms with Crippen molar-refractivity contribution in [2.45, 2.75) is 0 Å². The molecular formula is C13H14BrN5O2S. The highest BCUT2D eigenvalue weighted by Gasteiger charge is 2.17. The number of urea groups is 1. The van der Waals surface area contributed by atoms with Gasteiger partial charge in [-0.25, -0.2) is 9.78 Å². The van der Waals surface area contributed by atoms with Crippen molar-refractivity contribution in [1.29, 1.82) is 0 Å². The van der Waals surface area contributed by atoms with Crippen LogP contribution in [0.2, 0.25) is 0 Å². The molecule has 0 unspecified atom stereocenters. The molecule has 0 aliphatic carbocycles. The van der Waals surface area contributed by atoms with Gasteiger partial charge in [0, 0.05) is 30.5 Å². The quantitative estimate of drug-likeness (QED) is 0.738. The summed E-state index contributed by atoms with van der Waals surface area (Å²) in [6, 6.07) is 4.86. The maximum Gasteiger partial charge on any atom is 0.326 e. The van der Waals surface area contributed by atoms with Crippen LogP contribution in [-0.4, -0.2) is 35.7 Å². The van der Waals surface area contributed by atoms with Crippen LogP contribution in [0.5, 0.6) is 5.88 Å². The van der Waals surface area contributed by atoms with Crippen molar-refractivity contribution >= 4 is 44.9 Å². The lowest BCUT2D eigenvalue weighted by molar-refractivity contribution is 0.193. The third-order valence-corrected chi connectivity index (χ3v) is 4.38. The van der Waals surface area contributed by atoms with Gasteiger partial charge in [0.05, 0.1) is 6.61 Å². The van der Waals surface area contributed by atoms with Crippen molar-refractivity contribution in [3.8, 4) is 5.88 Å². The monoisotopic (exact) mass is 383 g/mol. The molecule has 2 aromatic rings. The smallest absolute Gasteiger partial charge is 0.326 e. The first-order valence-electron chi connectivity index (χ1n) is 6.68. The molecule has 0 saturated carbocycles. The lowest BCUT2D eigenvalue weighted by Gasteiger charge is -2.26. The van der Waals surface area contributed by atoms with E-state index in [2.05, 4.69) is 41.8 Å². The molecule has 2 amide bonds. The highest BCUT2D eigenvalue weighted by molar-refractivity contribution is 9.11. The number of thiazole rings is 1. The second kappa shape index (κ2) is 7.03. The van der Waals surface area contributed by atoms with Gasteiger partial charge in [0.2, 0.25) is 5.88 Å². The van der Waals surface area contributed by atoms with Gasteiger partial charge >= 0.3 is 6.03 Å². The first kappa shape index (κ1) is 15.2. The number of nitrogens with zero attached hydrogens (tertiary/aromatic N) is 2. The number of amides is 2. The molecule has 1 aliphatic rings. The number of rotatable bonds is 5. The van der Waals surface area contributed by atoms with E-state index in [1.54, 1.807) is 23.6 Å². The van der Waals surface area contributed by atoms with E-state index in [9.17, 15) is 4.79 Å². The van der Waals surface area contributed by atoms with E-state index in [1.807, 2.05) is 0 Å². The second-order valence-electron chi connectivity index (χ2n) is 4.76. The van der Waals surface area contributed by atoms with Gasteiger partial charge in [0.1, 0.15) is 11.6 Å². The summed E-state index contributed by atoms with van der Waals surface area (Å²) in [5, 5.41) is 10.2. The third-order valence-electron chi connectivity index (χ3n) is 3.02. The zero-order chi connectivity index (χ0) is 15.4. The number of halogens is 1. The molecular weight excluding hydrogens is 370 g/mol. The number of carbonyl (C=O) groups excluding carboxylic acids is 1. The van der Waals surface area contributed by atoms with Crippen molar-refractivity contribution in [3.63, 3.8) is 0 Å². The molecule has 1 aliphatic heterocycles. The molecule has 7 nitrogen and oxygen atoms in total. The number of anilines is 2. The Kier molecular flexibility index (Phi) is 4.86. The van der Waals surface area contributed by atoms with Crippen LogP contribution in [0.1, 0.15) is 0 Å². The Morgan fingerprint density at radius 3 is 2.86 bits per heavy atom. The molecule has 0 radical (unpaired) electrons. The number of hydrogen-bond acceptors (Lipinski definition) is 6. The summed E-state index contributed by atoms with van der Waals surface area (Å²) in [6.45, 7) is 2.58. The molecule has 9 heteroatoms. The molecule has 0 spiro atoms. The highest BCUT2D eigenvalue weighted by atomic mass is 79.9. The Morgan fingerprint density at radius 1 is 1.36 bits per heavy atom. The number of ether oxygens (including phenoxy) is 1. The summed E-state index contributed by atoms with van der Waals surface area (Å²) in [5.41, 5.74) is 0. The summed E-state index contributed by atoms with van der Waals surface area (Å²) in [6.07, 6.45) is 0. The zero-order valence-electron chi connectivity index (χ0n) is 11.5. The normalized spacial score (nSPS) is 14.2. The summed E-state index contributed by atoms with van der Waals surface area (Å²) >= 11 is 4.63. The number of carbonyl (C=O) groups is 1. The molecule has 3 heterocycles. The molecule has 0 aromatic carbocycles. The Bertz CT molecular complexity index is 661. The van der Waals surface area contributed by atoms with Crippen LogP contribution in [-0.2, 0) is 0 Å². The Hall–Kier alpha value is -1.71. The molecule has 3 N–H and O–H groups in total. The first-order valence-corrected chi connectivity index (χ1v) is 8.36. The van der Waals surface area contributed by atoms with Crippen LogP contribution in [0.3, 0.4) is 0 Å². The summed E-state index contributed by atoms with van der Waals surface area (Å²) in [4.78, 5) is 20.2. The van der Waals surface area contributed by atoms with Gasteiger partial charge in [-0.2, -0.15) is 4.98 Å². The first-order chi connectivity index (χ1) is 10.7. The van der Waals surface area contributed by atoms with Gasteiger partial charge in [-0.05, 0) is 22.0 Å². The number of aromatic nitrogens is 2. The van der Waals surface area contributed by atoms with Gasteiger partial charge in [-0.1, -0.05) is 6.07 Å². The van der Waals surface area contributed by atoms with Crippen LogP contribution in [0.25, 0.3) is 0 Å². The number of pyridine rings is 1. The van der Waals surface area contributed by atoms with E-state index in [0.29, 0.717) is 34.0 Å². The van der Waals surface area contributed by atoms with E-state index in [1.165, 1.54) is 11.3 Å². The van der Waals surface area contributed by atoms with Crippen LogP contribution >= 0.6 is 27.3 Å². The van der Waals surface area contributed by atoms with E-state index in [0.717, 1.165) is 13.1 Å². The number of nitrogens with one attached hydrogen (secondary N) is 3.